The fourth-order valence-corrected chi connectivity index (χ4v) is 3.72. The molecule has 0 aliphatic carbocycles. The van der Waals surface area contributed by atoms with Crippen molar-refractivity contribution in [3.05, 3.63) is 76.7 Å². The second kappa shape index (κ2) is 11.1. The van der Waals surface area contributed by atoms with E-state index in [4.69, 9.17) is 4.74 Å². The lowest BCUT2D eigenvalue weighted by molar-refractivity contribution is -0.385. The Balaban J connectivity index is 0.000000277. The highest BCUT2D eigenvalue weighted by Crippen LogP contribution is 2.29. The van der Waals surface area contributed by atoms with Crippen molar-refractivity contribution in [1.29, 1.82) is 0 Å². The van der Waals surface area contributed by atoms with Gasteiger partial charge in [-0.05, 0) is 37.4 Å². The van der Waals surface area contributed by atoms with Crippen molar-refractivity contribution in [1.82, 2.24) is 0 Å². The SMILES string of the molecule is CC(=O)OCc1cccc([N+](=O)[O-])c1Br.O=[N+]([O-])c1cccc(CBr)c1Br. The summed E-state index contributed by atoms with van der Waals surface area (Å²) in [5.74, 6) is -0.423. The Morgan fingerprint density at radius 1 is 0.963 bits per heavy atom. The summed E-state index contributed by atoms with van der Waals surface area (Å²) in [6.07, 6.45) is 0. The van der Waals surface area contributed by atoms with Gasteiger partial charge in [0.25, 0.3) is 11.4 Å². The van der Waals surface area contributed by atoms with Crippen molar-refractivity contribution in [2.24, 2.45) is 0 Å². The Morgan fingerprint density at radius 3 is 1.81 bits per heavy atom. The average Bonchev–Trinajstić information content (AvgIpc) is 2.61. The first-order valence-electron chi connectivity index (χ1n) is 7.21. The minimum Gasteiger partial charge on any atom is -0.461 e. The van der Waals surface area contributed by atoms with Crippen LogP contribution in [-0.2, 0) is 21.5 Å². The molecule has 0 amide bonds. The van der Waals surface area contributed by atoms with Gasteiger partial charge < -0.3 is 4.74 Å². The summed E-state index contributed by atoms with van der Waals surface area (Å²) >= 11 is 9.51. The van der Waals surface area contributed by atoms with Gasteiger partial charge in [-0.25, -0.2) is 0 Å². The monoisotopic (exact) mass is 566 g/mol. The maximum Gasteiger partial charge on any atom is 0.302 e. The van der Waals surface area contributed by atoms with E-state index in [1.54, 1.807) is 18.2 Å². The number of hydrogen-bond acceptors (Lipinski definition) is 6. The highest BCUT2D eigenvalue weighted by atomic mass is 79.9. The van der Waals surface area contributed by atoms with E-state index in [9.17, 15) is 25.0 Å². The number of nitrogens with zero attached hydrogens (tertiary/aromatic N) is 2. The van der Waals surface area contributed by atoms with E-state index in [1.807, 2.05) is 6.07 Å². The Hall–Kier alpha value is -1.85. The van der Waals surface area contributed by atoms with Gasteiger partial charge >= 0.3 is 5.97 Å². The molecule has 2 aromatic rings. The zero-order chi connectivity index (χ0) is 20.6. The number of nitro benzene ring substituents is 2. The van der Waals surface area contributed by atoms with E-state index in [0.29, 0.717) is 19.8 Å². The quantitative estimate of drug-likeness (QED) is 0.199. The molecule has 0 bridgehead atoms. The van der Waals surface area contributed by atoms with Crippen LogP contribution in [0.25, 0.3) is 0 Å². The molecular weight excluding hydrogens is 556 g/mol. The van der Waals surface area contributed by atoms with Crippen LogP contribution in [0.1, 0.15) is 18.1 Å². The number of rotatable bonds is 5. The molecule has 8 nitrogen and oxygen atoms in total. The molecule has 0 aromatic heterocycles. The molecule has 0 heterocycles. The molecule has 0 saturated heterocycles. The standard InChI is InChI=1S/C9H8BrNO4.C7H5Br2NO2/c1-6(12)15-5-7-3-2-4-8(9(7)10)11(13)14;8-4-5-2-1-3-6(7(5)9)10(11)12/h2-4H,5H2,1H3;1-3H,4H2. The molecular formula is C16H13Br3N2O6. The van der Waals surface area contributed by atoms with E-state index in [2.05, 4.69) is 47.8 Å². The number of nitro groups is 2. The zero-order valence-corrected chi connectivity index (χ0v) is 18.6. The van der Waals surface area contributed by atoms with Crippen LogP contribution in [-0.4, -0.2) is 15.8 Å². The van der Waals surface area contributed by atoms with Crippen LogP contribution in [0.3, 0.4) is 0 Å². The molecule has 144 valence electrons. The number of alkyl halides is 1. The second-order valence-electron chi connectivity index (χ2n) is 4.93. The maximum absolute atomic E-state index is 10.6. The predicted molar refractivity (Wildman–Crippen MR) is 110 cm³/mol. The van der Waals surface area contributed by atoms with Crippen molar-refractivity contribution < 1.29 is 19.4 Å². The van der Waals surface area contributed by atoms with Gasteiger partial charge in [0.05, 0.1) is 14.3 Å². The molecule has 0 saturated carbocycles. The van der Waals surface area contributed by atoms with Gasteiger partial charge in [-0.3, -0.25) is 25.0 Å². The first kappa shape index (κ1) is 23.2. The van der Waals surface area contributed by atoms with Gasteiger partial charge in [0, 0.05) is 30.0 Å². The maximum atomic E-state index is 10.6. The molecule has 0 atom stereocenters. The molecule has 0 N–H and O–H groups in total. The van der Waals surface area contributed by atoms with Gasteiger partial charge in [0.1, 0.15) is 11.1 Å². The number of benzene rings is 2. The fraction of sp³-hybridized carbons (Fsp3) is 0.188. The first-order valence-corrected chi connectivity index (χ1v) is 9.92. The van der Waals surface area contributed by atoms with Crippen molar-refractivity contribution in [2.75, 3.05) is 0 Å². The molecule has 0 fully saturated rings. The molecule has 0 spiro atoms. The highest BCUT2D eigenvalue weighted by Gasteiger charge is 2.15. The Kier molecular flexibility index (Phi) is 9.53. The minimum absolute atomic E-state index is 0.0254. The Morgan fingerprint density at radius 2 is 1.41 bits per heavy atom. The lowest BCUT2D eigenvalue weighted by Gasteiger charge is -2.04. The molecule has 27 heavy (non-hydrogen) atoms. The lowest BCUT2D eigenvalue weighted by atomic mass is 10.2. The zero-order valence-electron chi connectivity index (χ0n) is 13.9. The smallest absolute Gasteiger partial charge is 0.302 e. The third-order valence-corrected chi connectivity index (χ3v) is 5.52. The van der Waals surface area contributed by atoms with Crippen LogP contribution in [0.15, 0.2) is 45.3 Å². The topological polar surface area (TPSA) is 113 Å². The van der Waals surface area contributed by atoms with E-state index >= 15 is 0 Å². The van der Waals surface area contributed by atoms with Crippen LogP contribution in [0.5, 0.6) is 0 Å². The number of halogens is 3. The number of ether oxygens (including phenoxy) is 1. The Labute approximate surface area is 179 Å². The summed E-state index contributed by atoms with van der Waals surface area (Å²) in [5, 5.41) is 21.6. The first-order chi connectivity index (χ1) is 12.7. The molecule has 0 radical (unpaired) electrons. The van der Waals surface area contributed by atoms with E-state index in [1.165, 1.54) is 19.1 Å². The van der Waals surface area contributed by atoms with E-state index in [0.717, 1.165) is 5.56 Å². The summed E-state index contributed by atoms with van der Waals surface area (Å²) in [6, 6.07) is 9.53. The molecule has 2 rings (SSSR count). The van der Waals surface area contributed by atoms with Crippen molar-refractivity contribution >= 4 is 65.1 Å². The van der Waals surface area contributed by atoms with Crippen LogP contribution < -0.4 is 0 Å². The number of esters is 1. The van der Waals surface area contributed by atoms with Gasteiger partial charge in [0.2, 0.25) is 0 Å². The van der Waals surface area contributed by atoms with Crippen LogP contribution in [0, 0.1) is 20.2 Å². The van der Waals surface area contributed by atoms with Crippen molar-refractivity contribution in [2.45, 2.75) is 18.9 Å². The van der Waals surface area contributed by atoms with Gasteiger partial charge in [-0.1, -0.05) is 40.2 Å². The molecule has 11 heteroatoms. The summed E-state index contributed by atoms with van der Waals surface area (Å²) in [6.45, 7) is 1.31. The number of carbonyl (C=O) groups is 1. The predicted octanol–water partition coefficient (Wildman–Crippen LogP) is 5.67. The van der Waals surface area contributed by atoms with Gasteiger partial charge in [-0.2, -0.15) is 0 Å². The normalized spacial score (nSPS) is 9.78. The fourth-order valence-electron chi connectivity index (χ4n) is 1.81. The van der Waals surface area contributed by atoms with E-state index in [-0.39, 0.29) is 18.0 Å². The Bertz CT molecular complexity index is 860. The number of carbonyl (C=O) groups excluding carboxylic acids is 1. The van der Waals surface area contributed by atoms with Gasteiger partial charge in [-0.15, -0.1) is 0 Å². The van der Waals surface area contributed by atoms with Gasteiger partial charge in [0.15, 0.2) is 0 Å². The highest BCUT2D eigenvalue weighted by molar-refractivity contribution is 9.11. The summed E-state index contributed by atoms with van der Waals surface area (Å²) in [4.78, 5) is 30.7. The van der Waals surface area contributed by atoms with Crippen LogP contribution in [0.2, 0.25) is 0 Å². The molecule has 0 unspecified atom stereocenters. The second-order valence-corrected chi connectivity index (χ2v) is 7.08. The summed E-state index contributed by atoms with van der Waals surface area (Å²) in [5.41, 5.74) is 1.51. The molecule has 0 aliphatic rings. The van der Waals surface area contributed by atoms with Crippen molar-refractivity contribution in [3.8, 4) is 0 Å². The van der Waals surface area contributed by atoms with Crippen molar-refractivity contribution in [3.63, 3.8) is 0 Å². The molecule has 2 aromatic carbocycles. The largest absolute Gasteiger partial charge is 0.461 e. The summed E-state index contributed by atoms with van der Waals surface area (Å²) < 4.78 is 5.64. The van der Waals surface area contributed by atoms with E-state index < -0.39 is 15.8 Å². The molecule has 0 aliphatic heterocycles. The van der Waals surface area contributed by atoms with Crippen LogP contribution in [0.4, 0.5) is 11.4 Å². The van der Waals surface area contributed by atoms with Crippen LogP contribution >= 0.6 is 47.8 Å². The lowest BCUT2D eigenvalue weighted by Crippen LogP contribution is -2.00. The third kappa shape index (κ3) is 7.00. The number of hydrogen-bond donors (Lipinski definition) is 0. The third-order valence-electron chi connectivity index (χ3n) is 3.08. The summed E-state index contributed by atoms with van der Waals surface area (Å²) in [7, 11) is 0. The minimum atomic E-state index is -0.499. The average molecular weight is 569 g/mol.